The predicted octanol–water partition coefficient (Wildman–Crippen LogP) is 0.996. The van der Waals surface area contributed by atoms with Crippen LogP contribution in [0.15, 0.2) is 4.79 Å². The first kappa shape index (κ1) is 8.93. The molecule has 3 aliphatic rings. The molecule has 16 heavy (non-hydrogen) atoms. The highest BCUT2D eigenvalue weighted by atomic mass is 16.1. The van der Waals surface area contributed by atoms with E-state index in [1.807, 2.05) is 0 Å². The van der Waals surface area contributed by atoms with E-state index in [1.54, 1.807) is 0 Å². The van der Waals surface area contributed by atoms with E-state index in [0.29, 0.717) is 12.0 Å². The Bertz CT molecular complexity index is 503. The summed E-state index contributed by atoms with van der Waals surface area (Å²) in [5.41, 5.74) is 2.08. The lowest BCUT2D eigenvalue weighted by molar-refractivity contribution is 0.498. The Kier molecular flexibility index (Phi) is 1.64. The average Bonchev–Trinajstić information content (AvgIpc) is 3.04. The normalized spacial score (nSPS) is 31.5. The van der Waals surface area contributed by atoms with Crippen molar-refractivity contribution in [2.45, 2.75) is 50.1 Å². The number of hydrogen-bond donors (Lipinski definition) is 2. The fourth-order valence-corrected chi connectivity index (χ4v) is 3.05. The molecule has 1 aromatic heterocycles. The van der Waals surface area contributed by atoms with Crippen LogP contribution in [-0.2, 0) is 6.42 Å². The van der Waals surface area contributed by atoms with Crippen molar-refractivity contribution in [2.75, 3.05) is 0 Å². The average molecular weight is 217 g/mol. The Balaban J connectivity index is 1.88. The third-order valence-electron chi connectivity index (χ3n) is 4.05. The van der Waals surface area contributed by atoms with E-state index in [4.69, 9.17) is 0 Å². The standard InChI is InChI=1S/C12H15N3O/c16-12-10-8-4-3-7(13-8)5-9(10)14-11(15-12)6-1-2-6/h6-8,13H,1-5H2,(H,14,15,16). The topological polar surface area (TPSA) is 57.8 Å². The molecule has 4 heteroatoms. The summed E-state index contributed by atoms with van der Waals surface area (Å²) in [6.07, 6.45) is 5.58. The molecule has 0 radical (unpaired) electrons. The SMILES string of the molecule is O=c1[nH]c(C2CC2)nc2c1C1CCC(C2)N1. The zero-order valence-corrected chi connectivity index (χ0v) is 9.12. The van der Waals surface area contributed by atoms with Gasteiger partial charge in [0.25, 0.3) is 5.56 Å². The van der Waals surface area contributed by atoms with Crippen LogP contribution in [0.1, 0.15) is 54.7 Å². The molecule has 0 aromatic carbocycles. The quantitative estimate of drug-likeness (QED) is 0.737. The van der Waals surface area contributed by atoms with Crippen LogP contribution in [0.4, 0.5) is 0 Å². The van der Waals surface area contributed by atoms with Crippen molar-refractivity contribution in [3.63, 3.8) is 0 Å². The fourth-order valence-electron chi connectivity index (χ4n) is 3.05. The minimum absolute atomic E-state index is 0.102. The van der Waals surface area contributed by atoms with E-state index in [0.717, 1.165) is 29.9 Å². The Hall–Kier alpha value is -1.16. The van der Waals surface area contributed by atoms with Gasteiger partial charge in [-0.3, -0.25) is 4.79 Å². The van der Waals surface area contributed by atoms with Gasteiger partial charge in [-0.05, 0) is 25.7 Å². The Morgan fingerprint density at radius 1 is 1.19 bits per heavy atom. The number of H-pyrrole nitrogens is 1. The summed E-state index contributed by atoms with van der Waals surface area (Å²) in [7, 11) is 0. The summed E-state index contributed by atoms with van der Waals surface area (Å²) in [5.74, 6) is 1.47. The lowest BCUT2D eigenvalue weighted by Crippen LogP contribution is -2.37. The van der Waals surface area contributed by atoms with Gasteiger partial charge in [-0.25, -0.2) is 4.98 Å². The molecule has 1 aliphatic carbocycles. The van der Waals surface area contributed by atoms with E-state index in [2.05, 4.69) is 15.3 Å². The summed E-state index contributed by atoms with van der Waals surface area (Å²) < 4.78 is 0. The number of rotatable bonds is 1. The molecule has 2 aliphatic heterocycles. The van der Waals surface area contributed by atoms with Gasteiger partial charge in [-0.1, -0.05) is 0 Å². The monoisotopic (exact) mass is 217 g/mol. The molecule has 1 saturated carbocycles. The number of aromatic nitrogens is 2. The molecule has 1 saturated heterocycles. The maximum absolute atomic E-state index is 12.1. The van der Waals surface area contributed by atoms with Gasteiger partial charge in [0.1, 0.15) is 5.82 Å². The van der Waals surface area contributed by atoms with E-state index in [9.17, 15) is 4.79 Å². The van der Waals surface area contributed by atoms with Crippen molar-refractivity contribution in [1.29, 1.82) is 0 Å². The molecule has 2 N–H and O–H groups in total. The Morgan fingerprint density at radius 2 is 2.06 bits per heavy atom. The van der Waals surface area contributed by atoms with E-state index >= 15 is 0 Å². The largest absolute Gasteiger partial charge is 0.310 e. The summed E-state index contributed by atoms with van der Waals surface area (Å²) in [6.45, 7) is 0. The van der Waals surface area contributed by atoms with Crippen LogP contribution in [-0.4, -0.2) is 16.0 Å². The fraction of sp³-hybridized carbons (Fsp3) is 0.667. The van der Waals surface area contributed by atoms with Gasteiger partial charge in [0, 0.05) is 24.4 Å². The summed E-state index contributed by atoms with van der Waals surface area (Å²) in [4.78, 5) is 19.7. The number of nitrogens with one attached hydrogen (secondary N) is 2. The van der Waals surface area contributed by atoms with E-state index < -0.39 is 0 Å². The van der Waals surface area contributed by atoms with Crippen molar-refractivity contribution in [3.8, 4) is 0 Å². The zero-order valence-electron chi connectivity index (χ0n) is 9.12. The third-order valence-corrected chi connectivity index (χ3v) is 4.05. The summed E-state index contributed by atoms with van der Waals surface area (Å²) in [6, 6.07) is 0.817. The zero-order chi connectivity index (χ0) is 10.7. The number of nitrogens with zero attached hydrogens (tertiary/aromatic N) is 1. The third kappa shape index (κ3) is 1.19. The molecule has 84 valence electrons. The van der Waals surface area contributed by atoms with Crippen LogP contribution in [0, 0.1) is 0 Å². The molecule has 0 amide bonds. The molecular formula is C12H15N3O. The summed E-state index contributed by atoms with van der Waals surface area (Å²) in [5, 5.41) is 3.49. The minimum atomic E-state index is 0.102. The molecule has 2 bridgehead atoms. The molecule has 2 atom stereocenters. The second-order valence-electron chi connectivity index (χ2n) is 5.28. The second kappa shape index (κ2) is 2.94. The lowest BCUT2D eigenvalue weighted by Gasteiger charge is -2.23. The Morgan fingerprint density at radius 3 is 2.88 bits per heavy atom. The summed E-state index contributed by atoms with van der Waals surface area (Å²) >= 11 is 0. The maximum atomic E-state index is 12.1. The van der Waals surface area contributed by atoms with Gasteiger partial charge in [-0.2, -0.15) is 0 Å². The molecule has 0 spiro atoms. The number of hydrogen-bond acceptors (Lipinski definition) is 3. The minimum Gasteiger partial charge on any atom is -0.310 e. The first-order valence-corrected chi connectivity index (χ1v) is 6.20. The lowest BCUT2D eigenvalue weighted by atomic mass is 10.0. The van der Waals surface area contributed by atoms with Crippen LogP contribution < -0.4 is 10.9 Å². The van der Waals surface area contributed by atoms with Gasteiger partial charge >= 0.3 is 0 Å². The van der Waals surface area contributed by atoms with Crippen molar-refractivity contribution in [1.82, 2.24) is 15.3 Å². The van der Waals surface area contributed by atoms with Crippen molar-refractivity contribution in [3.05, 3.63) is 27.4 Å². The van der Waals surface area contributed by atoms with Crippen LogP contribution in [0.25, 0.3) is 0 Å². The van der Waals surface area contributed by atoms with E-state index in [1.165, 1.54) is 19.3 Å². The van der Waals surface area contributed by atoms with Gasteiger partial charge in [0.15, 0.2) is 0 Å². The van der Waals surface area contributed by atoms with Crippen LogP contribution >= 0.6 is 0 Å². The number of aromatic amines is 1. The highest BCUT2D eigenvalue weighted by molar-refractivity contribution is 5.29. The van der Waals surface area contributed by atoms with Crippen LogP contribution in [0.5, 0.6) is 0 Å². The molecule has 4 nitrogen and oxygen atoms in total. The molecule has 2 fully saturated rings. The molecule has 4 rings (SSSR count). The predicted molar refractivity (Wildman–Crippen MR) is 59.4 cm³/mol. The van der Waals surface area contributed by atoms with Gasteiger partial charge in [-0.15, -0.1) is 0 Å². The second-order valence-corrected chi connectivity index (χ2v) is 5.28. The Labute approximate surface area is 93.5 Å². The van der Waals surface area contributed by atoms with Gasteiger partial charge in [0.05, 0.1) is 11.3 Å². The first-order chi connectivity index (χ1) is 7.81. The van der Waals surface area contributed by atoms with Crippen LogP contribution in [0.2, 0.25) is 0 Å². The maximum Gasteiger partial charge on any atom is 0.255 e. The smallest absolute Gasteiger partial charge is 0.255 e. The van der Waals surface area contributed by atoms with Gasteiger partial charge < -0.3 is 10.3 Å². The van der Waals surface area contributed by atoms with Crippen molar-refractivity contribution >= 4 is 0 Å². The molecular weight excluding hydrogens is 202 g/mol. The first-order valence-electron chi connectivity index (χ1n) is 6.20. The van der Waals surface area contributed by atoms with Crippen LogP contribution in [0.3, 0.4) is 0 Å². The highest BCUT2D eigenvalue weighted by Gasteiger charge is 2.36. The molecule has 3 heterocycles. The molecule has 2 unspecified atom stereocenters. The highest BCUT2D eigenvalue weighted by Crippen LogP contribution is 2.39. The molecule has 1 aromatic rings. The van der Waals surface area contributed by atoms with Crippen molar-refractivity contribution in [2.24, 2.45) is 0 Å². The van der Waals surface area contributed by atoms with E-state index in [-0.39, 0.29) is 11.6 Å². The number of fused-ring (bicyclic) bond motifs is 4. The van der Waals surface area contributed by atoms with Gasteiger partial charge in [0.2, 0.25) is 0 Å². The van der Waals surface area contributed by atoms with Crippen molar-refractivity contribution < 1.29 is 0 Å².